The first kappa shape index (κ1) is 17.4. The lowest BCUT2D eigenvalue weighted by atomic mass is 10.0. The van der Waals surface area contributed by atoms with Gasteiger partial charge >= 0.3 is 5.97 Å². The predicted molar refractivity (Wildman–Crippen MR) is 101 cm³/mol. The Bertz CT molecular complexity index is 779. The number of ether oxygens (including phenoxy) is 1. The third-order valence-electron chi connectivity index (χ3n) is 4.74. The Morgan fingerprint density at radius 2 is 2.16 bits per heavy atom. The third-order valence-corrected chi connectivity index (χ3v) is 4.74. The van der Waals surface area contributed by atoms with Crippen molar-refractivity contribution < 1.29 is 9.53 Å². The highest BCUT2D eigenvalue weighted by Crippen LogP contribution is 2.32. The molecule has 0 amide bonds. The number of carbonyl (C=O) groups excluding carboxylic acids is 1. The molecule has 25 heavy (non-hydrogen) atoms. The van der Waals surface area contributed by atoms with Gasteiger partial charge in [0.1, 0.15) is 0 Å². The third kappa shape index (κ3) is 4.58. The van der Waals surface area contributed by atoms with Gasteiger partial charge < -0.3 is 10.1 Å². The van der Waals surface area contributed by atoms with Crippen LogP contribution in [0.3, 0.4) is 0 Å². The van der Waals surface area contributed by atoms with Crippen molar-refractivity contribution in [3.63, 3.8) is 0 Å². The number of esters is 1. The number of benzene rings is 2. The van der Waals surface area contributed by atoms with Crippen molar-refractivity contribution in [3.05, 3.63) is 76.4 Å². The van der Waals surface area contributed by atoms with Gasteiger partial charge in [0.15, 0.2) is 0 Å². The Kier molecular flexibility index (Phi) is 5.67. The molecule has 1 N–H and O–H groups in total. The quantitative estimate of drug-likeness (QED) is 0.640. The van der Waals surface area contributed by atoms with Gasteiger partial charge in [-0.3, -0.25) is 0 Å². The van der Waals surface area contributed by atoms with Crippen molar-refractivity contribution in [2.75, 3.05) is 13.7 Å². The van der Waals surface area contributed by atoms with Crippen LogP contribution in [0.15, 0.2) is 48.5 Å². The van der Waals surface area contributed by atoms with E-state index in [0.29, 0.717) is 6.04 Å². The van der Waals surface area contributed by atoms with E-state index in [0.717, 1.165) is 31.4 Å². The van der Waals surface area contributed by atoms with Gasteiger partial charge in [-0.05, 0) is 61.1 Å². The Morgan fingerprint density at radius 1 is 1.28 bits per heavy atom. The Labute approximate surface area is 149 Å². The van der Waals surface area contributed by atoms with Crippen LogP contribution in [0.5, 0.6) is 0 Å². The fourth-order valence-electron chi connectivity index (χ4n) is 3.44. The number of fused-ring (bicyclic) bond motifs is 1. The van der Waals surface area contributed by atoms with Crippen molar-refractivity contribution in [2.24, 2.45) is 0 Å². The van der Waals surface area contributed by atoms with Gasteiger partial charge in [-0.25, -0.2) is 4.79 Å². The van der Waals surface area contributed by atoms with E-state index in [1.165, 1.54) is 35.4 Å². The summed E-state index contributed by atoms with van der Waals surface area (Å²) in [6.07, 6.45) is 6.54. The fraction of sp³-hybridized carbons (Fsp3) is 0.318. The lowest BCUT2D eigenvalue weighted by Crippen LogP contribution is -2.21. The van der Waals surface area contributed by atoms with Crippen molar-refractivity contribution in [2.45, 2.75) is 32.2 Å². The summed E-state index contributed by atoms with van der Waals surface area (Å²) in [4.78, 5) is 11.2. The maximum atomic E-state index is 11.2. The van der Waals surface area contributed by atoms with E-state index in [1.54, 1.807) is 0 Å². The van der Waals surface area contributed by atoms with Crippen LogP contribution in [0.1, 0.15) is 40.3 Å². The van der Waals surface area contributed by atoms with Crippen LogP contribution in [-0.4, -0.2) is 19.6 Å². The summed E-state index contributed by atoms with van der Waals surface area (Å²) in [7, 11) is 1.39. The number of nitrogens with one attached hydrogen (secondary N) is 1. The highest BCUT2D eigenvalue weighted by atomic mass is 16.5. The van der Waals surface area contributed by atoms with E-state index in [1.807, 2.05) is 6.08 Å². The van der Waals surface area contributed by atoms with Crippen LogP contribution in [0, 0.1) is 6.92 Å². The summed E-state index contributed by atoms with van der Waals surface area (Å²) in [6, 6.07) is 15.6. The van der Waals surface area contributed by atoms with E-state index in [2.05, 4.69) is 59.4 Å². The van der Waals surface area contributed by atoms with Crippen molar-refractivity contribution >= 4 is 12.0 Å². The molecule has 1 unspecified atom stereocenters. The Balaban J connectivity index is 1.58. The minimum Gasteiger partial charge on any atom is -0.466 e. The molecule has 0 saturated heterocycles. The van der Waals surface area contributed by atoms with E-state index in [4.69, 9.17) is 0 Å². The Morgan fingerprint density at radius 3 is 2.96 bits per heavy atom. The summed E-state index contributed by atoms with van der Waals surface area (Å²) >= 11 is 0. The monoisotopic (exact) mass is 335 g/mol. The van der Waals surface area contributed by atoms with Gasteiger partial charge in [0.25, 0.3) is 0 Å². The minimum absolute atomic E-state index is 0.323. The zero-order valence-corrected chi connectivity index (χ0v) is 14.9. The molecule has 2 aromatic rings. The van der Waals surface area contributed by atoms with E-state index in [9.17, 15) is 4.79 Å². The number of rotatable bonds is 6. The maximum Gasteiger partial charge on any atom is 0.330 e. The highest BCUT2D eigenvalue weighted by molar-refractivity contribution is 5.86. The molecule has 0 aromatic heterocycles. The van der Waals surface area contributed by atoms with Gasteiger partial charge in [0.2, 0.25) is 0 Å². The molecule has 3 heteroatoms. The zero-order valence-electron chi connectivity index (χ0n) is 14.9. The number of hydrogen-bond acceptors (Lipinski definition) is 3. The predicted octanol–water partition coefficient (Wildman–Crippen LogP) is 4.00. The van der Waals surface area contributed by atoms with Crippen LogP contribution in [0.4, 0.5) is 0 Å². The zero-order chi connectivity index (χ0) is 17.6. The smallest absolute Gasteiger partial charge is 0.330 e. The van der Waals surface area contributed by atoms with E-state index in [-0.39, 0.29) is 5.97 Å². The number of hydrogen-bond donors (Lipinski definition) is 1. The number of aryl methyl sites for hydroxylation is 2. The molecule has 2 aromatic carbocycles. The standard InChI is InChI=1S/C22H25NO2/c1-16-4-3-5-17(14-16)12-13-23-21-10-8-19-15-18(6-9-20(19)21)7-11-22(24)25-2/h3-7,9,11,14-15,21,23H,8,10,12-13H2,1-2H3. The van der Waals surface area contributed by atoms with Gasteiger partial charge in [0.05, 0.1) is 7.11 Å². The molecule has 0 heterocycles. The van der Waals surface area contributed by atoms with Crippen LogP contribution < -0.4 is 5.32 Å². The minimum atomic E-state index is -0.323. The van der Waals surface area contributed by atoms with Crippen molar-refractivity contribution in [3.8, 4) is 0 Å². The molecule has 3 nitrogen and oxygen atoms in total. The lowest BCUT2D eigenvalue weighted by Gasteiger charge is -2.14. The average molecular weight is 335 g/mol. The molecule has 0 fully saturated rings. The molecular formula is C22H25NO2. The van der Waals surface area contributed by atoms with Crippen LogP contribution in [0.25, 0.3) is 6.08 Å². The van der Waals surface area contributed by atoms with E-state index < -0.39 is 0 Å². The first-order valence-corrected chi connectivity index (χ1v) is 8.83. The molecule has 0 bridgehead atoms. The van der Waals surface area contributed by atoms with Crippen LogP contribution in [-0.2, 0) is 22.4 Å². The average Bonchev–Trinajstić information content (AvgIpc) is 3.02. The molecule has 1 aliphatic carbocycles. The van der Waals surface area contributed by atoms with E-state index >= 15 is 0 Å². The molecule has 0 radical (unpaired) electrons. The summed E-state index contributed by atoms with van der Waals surface area (Å²) < 4.78 is 4.63. The lowest BCUT2D eigenvalue weighted by molar-refractivity contribution is -0.134. The number of carbonyl (C=O) groups is 1. The summed E-state index contributed by atoms with van der Waals surface area (Å²) in [5.74, 6) is -0.323. The number of methoxy groups -OCH3 is 1. The van der Waals surface area contributed by atoms with Gasteiger partial charge in [-0.2, -0.15) is 0 Å². The SMILES string of the molecule is COC(=O)C=Cc1ccc2c(c1)CCC2NCCc1cccc(C)c1. The molecule has 1 aliphatic rings. The molecule has 0 spiro atoms. The second-order valence-electron chi connectivity index (χ2n) is 6.60. The first-order chi connectivity index (χ1) is 12.2. The normalized spacial score (nSPS) is 16.2. The van der Waals surface area contributed by atoms with Crippen LogP contribution >= 0.6 is 0 Å². The molecule has 0 aliphatic heterocycles. The van der Waals surface area contributed by atoms with Crippen LogP contribution in [0.2, 0.25) is 0 Å². The molecule has 1 atom stereocenters. The second kappa shape index (κ2) is 8.13. The fourth-order valence-corrected chi connectivity index (χ4v) is 3.44. The Hall–Kier alpha value is -2.39. The highest BCUT2D eigenvalue weighted by Gasteiger charge is 2.21. The first-order valence-electron chi connectivity index (χ1n) is 8.83. The topological polar surface area (TPSA) is 38.3 Å². The summed E-state index contributed by atoms with van der Waals surface area (Å²) in [5.41, 5.74) is 6.51. The molecule has 130 valence electrons. The van der Waals surface area contributed by atoms with Gasteiger partial charge in [-0.15, -0.1) is 0 Å². The largest absolute Gasteiger partial charge is 0.466 e. The van der Waals surface area contributed by atoms with Gasteiger partial charge in [0, 0.05) is 12.1 Å². The molecular weight excluding hydrogens is 310 g/mol. The summed E-state index contributed by atoms with van der Waals surface area (Å²) in [5, 5.41) is 3.69. The van der Waals surface area contributed by atoms with Gasteiger partial charge in [-0.1, -0.05) is 48.0 Å². The summed E-state index contributed by atoms with van der Waals surface area (Å²) in [6.45, 7) is 3.12. The second-order valence-corrected chi connectivity index (χ2v) is 6.60. The molecule has 0 saturated carbocycles. The maximum absolute atomic E-state index is 11.2. The van der Waals surface area contributed by atoms with Crippen molar-refractivity contribution in [1.82, 2.24) is 5.32 Å². The molecule has 3 rings (SSSR count). The van der Waals surface area contributed by atoms with Crippen molar-refractivity contribution in [1.29, 1.82) is 0 Å².